The van der Waals surface area contributed by atoms with Crippen molar-refractivity contribution in [2.45, 2.75) is 38.9 Å². The van der Waals surface area contributed by atoms with E-state index in [0.717, 1.165) is 22.3 Å². The molecule has 238 valence electrons. The van der Waals surface area contributed by atoms with Crippen LogP contribution in [-0.4, -0.2) is 60.8 Å². The van der Waals surface area contributed by atoms with Crippen LogP contribution in [-0.2, 0) is 31.9 Å². The highest BCUT2D eigenvalue weighted by atomic mass is 16.5. The summed E-state index contributed by atoms with van der Waals surface area (Å²) in [4.78, 5) is 22.5. The van der Waals surface area contributed by atoms with Gasteiger partial charge >= 0.3 is 11.9 Å². The van der Waals surface area contributed by atoms with Crippen molar-refractivity contribution in [3.05, 3.63) is 119 Å². The first-order valence-corrected chi connectivity index (χ1v) is 14.9. The van der Waals surface area contributed by atoms with Crippen LogP contribution in [0.15, 0.2) is 97.1 Å². The van der Waals surface area contributed by atoms with E-state index in [1.54, 1.807) is 50.3 Å². The quantitative estimate of drug-likeness (QED) is 0.195. The van der Waals surface area contributed by atoms with Crippen LogP contribution in [0.5, 0.6) is 11.5 Å². The topological polar surface area (TPSA) is 112 Å². The van der Waals surface area contributed by atoms with Crippen molar-refractivity contribution in [3.63, 3.8) is 0 Å². The fourth-order valence-corrected chi connectivity index (χ4v) is 4.10. The van der Waals surface area contributed by atoms with Gasteiger partial charge in [-0.1, -0.05) is 47.9 Å². The predicted molar refractivity (Wildman–Crippen MR) is 176 cm³/mol. The summed E-state index contributed by atoms with van der Waals surface area (Å²) in [6.07, 6.45) is 6.00. The second kappa shape index (κ2) is 19.9. The summed E-state index contributed by atoms with van der Waals surface area (Å²) in [6, 6.07) is 22.2. The van der Waals surface area contributed by atoms with Crippen molar-refractivity contribution < 1.29 is 38.7 Å². The molecule has 8 nitrogen and oxygen atoms in total. The maximum atomic E-state index is 11.3. The number of benzene rings is 3. The Kier molecular flexibility index (Phi) is 15.2. The number of hydrogen-bond acceptors (Lipinski definition) is 6. The lowest BCUT2D eigenvalue weighted by Gasteiger charge is -2.12. The Morgan fingerprint density at radius 1 is 0.630 bits per heavy atom. The molecule has 0 saturated carbocycles. The van der Waals surface area contributed by atoms with E-state index in [4.69, 9.17) is 18.9 Å². The highest BCUT2D eigenvalue weighted by molar-refractivity contribution is 5.73. The summed E-state index contributed by atoms with van der Waals surface area (Å²) in [5, 5.41) is 18.4. The van der Waals surface area contributed by atoms with E-state index in [1.165, 1.54) is 0 Å². The summed E-state index contributed by atoms with van der Waals surface area (Å²) in [7, 11) is 0. The third kappa shape index (κ3) is 13.2. The van der Waals surface area contributed by atoms with Crippen molar-refractivity contribution in [1.82, 2.24) is 0 Å². The monoisotopic (exact) mass is 622 g/mol. The van der Waals surface area contributed by atoms with Crippen molar-refractivity contribution in [2.24, 2.45) is 0 Å². The molecule has 2 atom stereocenters. The van der Waals surface area contributed by atoms with Gasteiger partial charge < -0.3 is 29.2 Å². The van der Waals surface area contributed by atoms with E-state index < -0.39 is 24.1 Å². The normalized spacial score (nSPS) is 12.0. The molecule has 0 aliphatic carbocycles. The SMILES string of the molecule is CCO[C@@H](Cc1ccc(OCC=CC#Cc2ccc(C#CC=CCOc3ccc(C[C@H](OCC)C(=O)O)cc3)cc2)cc1)C(=O)O. The van der Waals surface area contributed by atoms with Gasteiger partial charge in [-0.25, -0.2) is 9.59 Å². The van der Waals surface area contributed by atoms with E-state index in [-0.39, 0.29) is 0 Å². The molecule has 0 fully saturated rings. The minimum Gasteiger partial charge on any atom is -0.490 e. The molecule has 0 aliphatic rings. The number of carboxylic acids is 2. The average molecular weight is 623 g/mol. The van der Waals surface area contributed by atoms with Gasteiger partial charge in [-0.3, -0.25) is 0 Å². The molecule has 3 aromatic carbocycles. The second-order valence-corrected chi connectivity index (χ2v) is 9.80. The third-order valence-corrected chi connectivity index (χ3v) is 6.39. The van der Waals surface area contributed by atoms with Gasteiger partial charge in [0.15, 0.2) is 12.2 Å². The number of allylic oxidation sites excluding steroid dienone is 2. The van der Waals surface area contributed by atoms with Gasteiger partial charge in [0.05, 0.1) is 0 Å². The van der Waals surface area contributed by atoms with Gasteiger partial charge in [-0.15, -0.1) is 0 Å². The van der Waals surface area contributed by atoms with Gasteiger partial charge in [0.1, 0.15) is 24.7 Å². The highest BCUT2D eigenvalue weighted by Gasteiger charge is 2.18. The Morgan fingerprint density at radius 3 is 1.33 bits per heavy atom. The molecular weight excluding hydrogens is 584 g/mol. The summed E-state index contributed by atoms with van der Waals surface area (Å²) in [5.41, 5.74) is 3.46. The van der Waals surface area contributed by atoms with Gasteiger partial charge in [0.2, 0.25) is 0 Å². The van der Waals surface area contributed by atoms with E-state index >= 15 is 0 Å². The van der Waals surface area contributed by atoms with Crippen LogP contribution < -0.4 is 9.47 Å². The zero-order chi connectivity index (χ0) is 33.0. The fraction of sp³-hybridized carbons (Fsp3) is 0.263. The molecule has 0 radical (unpaired) electrons. The molecule has 0 spiro atoms. The Balaban J connectivity index is 1.36. The lowest BCUT2D eigenvalue weighted by Crippen LogP contribution is -2.26. The Bertz CT molecular complexity index is 1440. The maximum absolute atomic E-state index is 11.3. The average Bonchev–Trinajstić information content (AvgIpc) is 3.05. The van der Waals surface area contributed by atoms with Crippen molar-refractivity contribution in [3.8, 4) is 35.2 Å². The first-order valence-electron chi connectivity index (χ1n) is 14.9. The standard InChI is InChI=1S/C38H38O8/c1-3-43-35(37(39)40)27-31-17-21-33(22-18-31)45-25-9-5-7-11-29-13-15-30(16-14-29)12-8-6-10-26-46-34-23-19-32(20-24-34)28-36(38(41)42)44-4-2/h5-6,9-10,13-24,35-36H,3-4,25-28H2,1-2H3,(H,39,40)(H,41,42)/t35-,36-/m0/s1. The number of ether oxygens (including phenoxy) is 4. The largest absolute Gasteiger partial charge is 0.490 e. The number of rotatable bonds is 16. The van der Waals surface area contributed by atoms with Gasteiger partial charge in [0.25, 0.3) is 0 Å². The molecule has 0 amide bonds. The molecule has 0 saturated heterocycles. The summed E-state index contributed by atoms with van der Waals surface area (Å²) >= 11 is 0. The molecule has 0 aliphatic heterocycles. The second-order valence-electron chi connectivity index (χ2n) is 9.80. The summed E-state index contributed by atoms with van der Waals surface area (Å²) in [6.45, 7) is 4.95. The minimum atomic E-state index is -0.972. The third-order valence-electron chi connectivity index (χ3n) is 6.39. The van der Waals surface area contributed by atoms with Crippen molar-refractivity contribution in [1.29, 1.82) is 0 Å². The lowest BCUT2D eigenvalue weighted by molar-refractivity contribution is -0.150. The molecule has 46 heavy (non-hydrogen) atoms. The van der Waals surface area contributed by atoms with Crippen molar-refractivity contribution >= 4 is 11.9 Å². The zero-order valence-electron chi connectivity index (χ0n) is 26.0. The maximum Gasteiger partial charge on any atom is 0.333 e. The molecule has 0 heterocycles. The fourth-order valence-electron chi connectivity index (χ4n) is 4.10. The Labute approximate surface area is 270 Å². The number of aliphatic carboxylic acids is 2. The van der Waals surface area contributed by atoms with Gasteiger partial charge in [-0.05, 0) is 97.8 Å². The van der Waals surface area contributed by atoms with Crippen LogP contribution in [0.4, 0.5) is 0 Å². The molecule has 8 heteroatoms. The van der Waals surface area contributed by atoms with Crippen LogP contribution in [0.25, 0.3) is 0 Å². The van der Waals surface area contributed by atoms with Crippen LogP contribution in [0, 0.1) is 23.7 Å². The zero-order valence-corrected chi connectivity index (χ0v) is 26.0. The number of hydrogen-bond donors (Lipinski definition) is 2. The van der Waals surface area contributed by atoms with Crippen molar-refractivity contribution in [2.75, 3.05) is 26.4 Å². The van der Waals surface area contributed by atoms with Crippen LogP contribution in [0.3, 0.4) is 0 Å². The Morgan fingerprint density at radius 2 is 1.00 bits per heavy atom. The molecular formula is C38H38O8. The molecule has 0 bridgehead atoms. The van der Waals surface area contributed by atoms with Gasteiger partial charge in [-0.2, -0.15) is 0 Å². The predicted octanol–water partition coefficient (Wildman–Crippen LogP) is 5.72. The van der Waals surface area contributed by atoms with E-state index in [1.807, 2.05) is 60.7 Å². The lowest BCUT2D eigenvalue weighted by atomic mass is 10.1. The summed E-state index contributed by atoms with van der Waals surface area (Å²) < 4.78 is 21.9. The minimum absolute atomic E-state index is 0.299. The van der Waals surface area contributed by atoms with E-state index in [0.29, 0.717) is 50.8 Å². The highest BCUT2D eigenvalue weighted by Crippen LogP contribution is 2.16. The first kappa shape index (κ1) is 35.2. The number of carbonyl (C=O) groups is 2. The molecule has 0 aromatic heterocycles. The molecule has 2 N–H and O–H groups in total. The molecule has 3 rings (SSSR count). The van der Waals surface area contributed by atoms with Crippen LogP contribution >= 0.6 is 0 Å². The van der Waals surface area contributed by atoms with E-state index in [2.05, 4.69) is 23.7 Å². The summed E-state index contributed by atoms with van der Waals surface area (Å²) in [5.74, 6) is 11.6. The molecule has 0 unspecified atom stereocenters. The van der Waals surface area contributed by atoms with E-state index in [9.17, 15) is 19.8 Å². The first-order chi connectivity index (χ1) is 22.4. The van der Waals surface area contributed by atoms with Crippen LogP contribution in [0.2, 0.25) is 0 Å². The van der Waals surface area contributed by atoms with Crippen LogP contribution in [0.1, 0.15) is 36.1 Å². The smallest absolute Gasteiger partial charge is 0.333 e. The Hall–Kier alpha value is -5.28. The van der Waals surface area contributed by atoms with Gasteiger partial charge in [0, 0.05) is 37.2 Å². The molecule has 3 aromatic rings. The number of carboxylic acid groups (broad SMARTS) is 2.